The zero-order valence-corrected chi connectivity index (χ0v) is 35.3. The first-order chi connectivity index (χ1) is 26.0. The molecule has 0 heterocycles. The molecule has 0 amide bonds. The van der Waals surface area contributed by atoms with Crippen molar-refractivity contribution in [3.8, 4) is 0 Å². The third kappa shape index (κ3) is 40.9. The average molecular weight is 747 g/mol. The largest absolute Gasteiger partial charge is 0.462 e. The molecule has 0 unspecified atom stereocenters. The SMILES string of the molecule is CCCCCC/C=C/CCCCCCCC(=O)OC[C@@H](COC(=O)CCCCCCCCCCC)OC(=O)CCCCCCC/C=C/CCCCCC. The highest BCUT2D eigenvalue weighted by atomic mass is 16.6. The van der Waals surface area contributed by atoms with E-state index in [0.29, 0.717) is 19.3 Å². The predicted molar refractivity (Wildman–Crippen MR) is 224 cm³/mol. The van der Waals surface area contributed by atoms with E-state index in [1.54, 1.807) is 0 Å². The topological polar surface area (TPSA) is 78.9 Å². The molecule has 0 bridgehead atoms. The number of carbonyl (C=O) groups is 3. The van der Waals surface area contributed by atoms with Crippen LogP contribution in [-0.2, 0) is 28.6 Å². The van der Waals surface area contributed by atoms with Crippen LogP contribution in [0.2, 0.25) is 0 Å². The molecule has 0 spiro atoms. The van der Waals surface area contributed by atoms with Gasteiger partial charge in [0.15, 0.2) is 6.10 Å². The Morgan fingerprint density at radius 3 is 0.962 bits per heavy atom. The van der Waals surface area contributed by atoms with Crippen LogP contribution in [0.4, 0.5) is 0 Å². The van der Waals surface area contributed by atoms with E-state index >= 15 is 0 Å². The van der Waals surface area contributed by atoms with E-state index in [2.05, 4.69) is 45.1 Å². The Morgan fingerprint density at radius 2 is 0.623 bits per heavy atom. The number of hydrogen-bond acceptors (Lipinski definition) is 6. The Labute approximate surface area is 328 Å². The van der Waals surface area contributed by atoms with Crippen molar-refractivity contribution < 1.29 is 28.6 Å². The van der Waals surface area contributed by atoms with Gasteiger partial charge in [0, 0.05) is 19.3 Å². The molecule has 1 atom stereocenters. The quantitative estimate of drug-likeness (QED) is 0.0268. The van der Waals surface area contributed by atoms with Crippen molar-refractivity contribution >= 4 is 17.9 Å². The minimum Gasteiger partial charge on any atom is -0.462 e. The number of carbonyl (C=O) groups excluding carboxylic acids is 3. The molecular formula is C47H86O6. The van der Waals surface area contributed by atoms with Crippen LogP contribution < -0.4 is 0 Å². The maximum Gasteiger partial charge on any atom is 0.306 e. The van der Waals surface area contributed by atoms with E-state index in [0.717, 1.165) is 70.6 Å². The van der Waals surface area contributed by atoms with E-state index in [1.165, 1.54) is 128 Å². The van der Waals surface area contributed by atoms with Crippen LogP contribution in [0.25, 0.3) is 0 Å². The second kappa shape index (κ2) is 42.6. The summed E-state index contributed by atoms with van der Waals surface area (Å²) < 4.78 is 16.7. The van der Waals surface area contributed by atoms with Gasteiger partial charge in [-0.05, 0) is 70.6 Å². The molecule has 53 heavy (non-hydrogen) atoms. The normalized spacial score (nSPS) is 12.1. The molecule has 0 N–H and O–H groups in total. The van der Waals surface area contributed by atoms with Crippen LogP contribution in [0.3, 0.4) is 0 Å². The molecule has 0 fully saturated rings. The molecule has 310 valence electrons. The Kier molecular flexibility index (Phi) is 40.9. The predicted octanol–water partition coefficient (Wildman–Crippen LogP) is 14.4. The summed E-state index contributed by atoms with van der Waals surface area (Å²) in [6.07, 6.45) is 45.8. The van der Waals surface area contributed by atoms with E-state index in [-0.39, 0.29) is 31.1 Å². The van der Waals surface area contributed by atoms with Crippen molar-refractivity contribution in [3.63, 3.8) is 0 Å². The minimum atomic E-state index is -0.771. The Bertz CT molecular complexity index is 865. The summed E-state index contributed by atoms with van der Waals surface area (Å²) in [5, 5.41) is 0. The summed E-state index contributed by atoms with van der Waals surface area (Å²) in [6, 6.07) is 0. The fourth-order valence-corrected chi connectivity index (χ4v) is 6.43. The van der Waals surface area contributed by atoms with Gasteiger partial charge in [-0.15, -0.1) is 0 Å². The number of esters is 3. The zero-order chi connectivity index (χ0) is 38.7. The van der Waals surface area contributed by atoms with Gasteiger partial charge in [0.25, 0.3) is 0 Å². The molecule has 0 saturated heterocycles. The highest BCUT2D eigenvalue weighted by molar-refractivity contribution is 5.71. The molecule has 6 heteroatoms. The van der Waals surface area contributed by atoms with Gasteiger partial charge in [0.05, 0.1) is 0 Å². The number of allylic oxidation sites excluding steroid dienone is 4. The number of rotatable bonds is 41. The summed E-state index contributed by atoms with van der Waals surface area (Å²) >= 11 is 0. The van der Waals surface area contributed by atoms with Crippen LogP contribution >= 0.6 is 0 Å². The second-order valence-corrected chi connectivity index (χ2v) is 15.3. The lowest BCUT2D eigenvalue weighted by atomic mass is 10.1. The molecule has 0 rings (SSSR count). The lowest BCUT2D eigenvalue weighted by Gasteiger charge is -2.18. The molecule has 0 aliphatic carbocycles. The first kappa shape index (κ1) is 50.9. The Morgan fingerprint density at radius 1 is 0.358 bits per heavy atom. The summed E-state index contributed by atoms with van der Waals surface area (Å²) in [7, 11) is 0. The van der Waals surface area contributed by atoms with E-state index in [9.17, 15) is 14.4 Å². The fraction of sp³-hybridized carbons (Fsp3) is 0.851. The summed E-state index contributed by atoms with van der Waals surface area (Å²) in [5.74, 6) is -0.892. The smallest absolute Gasteiger partial charge is 0.306 e. The van der Waals surface area contributed by atoms with Crippen LogP contribution in [0.15, 0.2) is 24.3 Å². The molecule has 0 aromatic carbocycles. The van der Waals surface area contributed by atoms with Gasteiger partial charge in [-0.1, -0.05) is 173 Å². The maximum atomic E-state index is 12.7. The first-order valence-corrected chi connectivity index (χ1v) is 22.8. The van der Waals surface area contributed by atoms with E-state index in [4.69, 9.17) is 14.2 Å². The number of hydrogen-bond donors (Lipinski definition) is 0. The van der Waals surface area contributed by atoms with Crippen molar-refractivity contribution in [2.45, 2.75) is 245 Å². The van der Waals surface area contributed by atoms with Gasteiger partial charge < -0.3 is 14.2 Å². The number of unbranched alkanes of at least 4 members (excludes halogenated alkanes) is 26. The molecule has 0 aromatic heterocycles. The highest BCUT2D eigenvalue weighted by Crippen LogP contribution is 2.14. The molecule has 0 aliphatic heterocycles. The highest BCUT2D eigenvalue weighted by Gasteiger charge is 2.19. The summed E-state index contributed by atoms with van der Waals surface area (Å²) in [5.41, 5.74) is 0. The summed E-state index contributed by atoms with van der Waals surface area (Å²) in [4.78, 5) is 37.6. The maximum absolute atomic E-state index is 12.7. The van der Waals surface area contributed by atoms with Crippen molar-refractivity contribution in [2.24, 2.45) is 0 Å². The van der Waals surface area contributed by atoms with Gasteiger partial charge in [-0.3, -0.25) is 14.4 Å². The van der Waals surface area contributed by atoms with Crippen LogP contribution in [0.5, 0.6) is 0 Å². The zero-order valence-electron chi connectivity index (χ0n) is 35.3. The van der Waals surface area contributed by atoms with Crippen molar-refractivity contribution in [1.82, 2.24) is 0 Å². The summed E-state index contributed by atoms with van der Waals surface area (Å²) in [6.45, 7) is 6.57. The molecule has 6 nitrogen and oxygen atoms in total. The lowest BCUT2D eigenvalue weighted by molar-refractivity contribution is -0.167. The van der Waals surface area contributed by atoms with Crippen molar-refractivity contribution in [2.75, 3.05) is 13.2 Å². The average Bonchev–Trinajstić information content (AvgIpc) is 3.15. The molecule has 0 aromatic rings. The van der Waals surface area contributed by atoms with Crippen LogP contribution in [0.1, 0.15) is 239 Å². The fourth-order valence-electron chi connectivity index (χ4n) is 6.43. The van der Waals surface area contributed by atoms with Crippen LogP contribution in [-0.4, -0.2) is 37.2 Å². The molecule has 0 radical (unpaired) electrons. The van der Waals surface area contributed by atoms with Gasteiger partial charge in [-0.2, -0.15) is 0 Å². The Hall–Kier alpha value is -2.11. The van der Waals surface area contributed by atoms with E-state index in [1.807, 2.05) is 0 Å². The van der Waals surface area contributed by atoms with E-state index < -0.39 is 6.10 Å². The molecule has 0 saturated carbocycles. The minimum absolute atomic E-state index is 0.0748. The van der Waals surface area contributed by atoms with Gasteiger partial charge in [0.1, 0.15) is 13.2 Å². The van der Waals surface area contributed by atoms with Crippen molar-refractivity contribution in [3.05, 3.63) is 24.3 Å². The Balaban J connectivity index is 4.37. The van der Waals surface area contributed by atoms with Gasteiger partial charge >= 0.3 is 17.9 Å². The number of ether oxygens (including phenoxy) is 3. The monoisotopic (exact) mass is 747 g/mol. The van der Waals surface area contributed by atoms with Gasteiger partial charge in [0.2, 0.25) is 0 Å². The lowest BCUT2D eigenvalue weighted by Crippen LogP contribution is -2.30. The van der Waals surface area contributed by atoms with Gasteiger partial charge in [-0.25, -0.2) is 0 Å². The second-order valence-electron chi connectivity index (χ2n) is 15.3. The van der Waals surface area contributed by atoms with Crippen LogP contribution in [0, 0.1) is 0 Å². The molecular weight excluding hydrogens is 661 g/mol. The van der Waals surface area contributed by atoms with Crippen molar-refractivity contribution in [1.29, 1.82) is 0 Å². The standard InChI is InChI=1S/C47H86O6/c1-4-7-10-13-16-19-21-23-25-28-31-34-37-40-46(49)52-43-44(42-51-45(48)39-36-33-30-27-18-15-12-9-6-3)53-47(50)41-38-35-32-29-26-24-22-20-17-14-11-8-5-2/h19-22,44H,4-18,23-43H2,1-3H3/b21-19+,22-20+/t44-/m1/s1. The molecule has 0 aliphatic rings. The first-order valence-electron chi connectivity index (χ1n) is 22.8. The third-order valence-electron chi connectivity index (χ3n) is 9.93. The third-order valence-corrected chi connectivity index (χ3v) is 9.93.